The minimum absolute atomic E-state index is 0.0918. The van der Waals surface area contributed by atoms with Gasteiger partial charge in [0.05, 0.1) is 17.0 Å². The summed E-state index contributed by atoms with van der Waals surface area (Å²) in [4.78, 5) is 38.9. The highest BCUT2D eigenvalue weighted by atomic mass is 32.2. The van der Waals surface area contributed by atoms with Gasteiger partial charge in [0.2, 0.25) is 5.91 Å². The summed E-state index contributed by atoms with van der Waals surface area (Å²) < 4.78 is 5.35. The lowest BCUT2D eigenvalue weighted by Gasteiger charge is -2.31. The van der Waals surface area contributed by atoms with Gasteiger partial charge in [-0.2, -0.15) is 0 Å². The molecule has 7 heteroatoms. The Morgan fingerprint density at radius 1 is 1.32 bits per heavy atom. The molecule has 25 heavy (non-hydrogen) atoms. The number of anilines is 1. The second-order valence-electron chi connectivity index (χ2n) is 6.60. The number of carbonyl (C=O) groups is 3. The van der Waals surface area contributed by atoms with E-state index in [4.69, 9.17) is 4.74 Å². The number of thioether (sulfide) groups is 1. The Bertz CT molecular complexity index is 698. The number of amides is 2. The average molecular weight is 362 g/mol. The fourth-order valence-corrected chi connectivity index (χ4v) is 3.76. The topological polar surface area (TPSA) is 75.7 Å². The number of ether oxygens (including phenoxy) is 1. The first kappa shape index (κ1) is 17.8. The molecule has 2 heterocycles. The van der Waals surface area contributed by atoms with Gasteiger partial charge in [-0.25, -0.2) is 4.79 Å². The van der Waals surface area contributed by atoms with Gasteiger partial charge < -0.3 is 15.0 Å². The molecule has 2 aliphatic rings. The van der Waals surface area contributed by atoms with E-state index in [2.05, 4.69) is 12.2 Å². The SMILES string of the molecule is CC1CCN(C(=O)[C@H](C)OC(=O)c2ccc3c(c2)NC(=O)CS3)CC1. The highest BCUT2D eigenvalue weighted by molar-refractivity contribution is 8.00. The molecule has 1 aromatic rings. The van der Waals surface area contributed by atoms with E-state index in [0.29, 0.717) is 36.0 Å². The number of rotatable bonds is 3. The van der Waals surface area contributed by atoms with Crippen LogP contribution in [0.4, 0.5) is 5.69 Å². The van der Waals surface area contributed by atoms with Crippen molar-refractivity contribution in [2.75, 3.05) is 24.2 Å². The monoisotopic (exact) mass is 362 g/mol. The van der Waals surface area contributed by atoms with Gasteiger partial charge in [0.15, 0.2) is 6.10 Å². The lowest BCUT2D eigenvalue weighted by atomic mass is 9.99. The maximum absolute atomic E-state index is 12.4. The molecule has 0 aliphatic carbocycles. The van der Waals surface area contributed by atoms with Crippen LogP contribution in [0.3, 0.4) is 0 Å². The summed E-state index contributed by atoms with van der Waals surface area (Å²) in [6.45, 7) is 5.21. The number of esters is 1. The number of likely N-dealkylation sites (tertiary alicyclic amines) is 1. The average Bonchev–Trinajstić information content (AvgIpc) is 2.61. The number of carbonyl (C=O) groups excluding carboxylic acids is 3. The van der Waals surface area contributed by atoms with Crippen LogP contribution >= 0.6 is 11.8 Å². The van der Waals surface area contributed by atoms with Gasteiger partial charge in [0.25, 0.3) is 5.91 Å². The van der Waals surface area contributed by atoms with Crippen LogP contribution in [0.1, 0.15) is 37.0 Å². The van der Waals surface area contributed by atoms with Crippen LogP contribution in [0.25, 0.3) is 0 Å². The zero-order valence-electron chi connectivity index (χ0n) is 14.4. The third-order valence-corrected chi connectivity index (χ3v) is 5.65. The van der Waals surface area contributed by atoms with Crippen molar-refractivity contribution in [3.8, 4) is 0 Å². The standard InChI is InChI=1S/C18H22N2O4S/c1-11-5-7-20(8-6-11)17(22)12(2)24-18(23)13-3-4-15-14(9-13)19-16(21)10-25-15/h3-4,9,11-12H,5-8,10H2,1-2H3,(H,19,21)/t12-/m0/s1. The molecule has 3 rings (SSSR count). The van der Waals surface area contributed by atoms with Gasteiger partial charge in [0.1, 0.15) is 0 Å². The fraction of sp³-hybridized carbons (Fsp3) is 0.500. The zero-order chi connectivity index (χ0) is 18.0. The van der Waals surface area contributed by atoms with Crippen molar-refractivity contribution in [1.82, 2.24) is 4.90 Å². The molecular weight excluding hydrogens is 340 g/mol. The van der Waals surface area contributed by atoms with Crippen molar-refractivity contribution in [1.29, 1.82) is 0 Å². The molecular formula is C18H22N2O4S. The summed E-state index contributed by atoms with van der Waals surface area (Å²) in [6.07, 6.45) is 1.14. The lowest BCUT2D eigenvalue weighted by Crippen LogP contribution is -2.44. The van der Waals surface area contributed by atoms with Crippen LogP contribution in [-0.4, -0.2) is 47.6 Å². The minimum atomic E-state index is -0.819. The molecule has 1 aromatic carbocycles. The predicted molar refractivity (Wildman–Crippen MR) is 95.7 cm³/mol. The first-order chi connectivity index (χ1) is 11.9. The number of nitrogens with zero attached hydrogens (tertiary/aromatic N) is 1. The fourth-order valence-electron chi connectivity index (χ4n) is 2.98. The van der Waals surface area contributed by atoms with Crippen molar-refractivity contribution in [2.24, 2.45) is 5.92 Å². The van der Waals surface area contributed by atoms with Crippen LogP contribution in [0.15, 0.2) is 23.1 Å². The van der Waals surface area contributed by atoms with Crippen LogP contribution in [0.2, 0.25) is 0 Å². The maximum atomic E-state index is 12.4. The van der Waals surface area contributed by atoms with Crippen LogP contribution in [0, 0.1) is 5.92 Å². The van der Waals surface area contributed by atoms with Gasteiger partial charge >= 0.3 is 5.97 Å². The van der Waals surface area contributed by atoms with Crippen molar-refractivity contribution in [3.05, 3.63) is 23.8 Å². The van der Waals surface area contributed by atoms with Gasteiger partial charge in [-0.15, -0.1) is 11.8 Å². The Balaban J connectivity index is 1.62. The Morgan fingerprint density at radius 3 is 2.76 bits per heavy atom. The van der Waals surface area contributed by atoms with Crippen molar-refractivity contribution < 1.29 is 19.1 Å². The summed E-state index contributed by atoms with van der Waals surface area (Å²) >= 11 is 1.43. The van der Waals surface area contributed by atoms with E-state index in [0.717, 1.165) is 17.7 Å². The molecule has 1 atom stereocenters. The van der Waals surface area contributed by atoms with E-state index in [9.17, 15) is 14.4 Å². The summed E-state index contributed by atoms with van der Waals surface area (Å²) in [7, 11) is 0. The van der Waals surface area contributed by atoms with Gasteiger partial charge in [-0.3, -0.25) is 9.59 Å². The predicted octanol–water partition coefficient (Wildman–Crippen LogP) is 2.53. The number of fused-ring (bicyclic) bond motifs is 1. The van der Waals surface area contributed by atoms with E-state index in [1.54, 1.807) is 30.0 Å². The molecule has 0 aromatic heterocycles. The molecule has 2 aliphatic heterocycles. The van der Waals surface area contributed by atoms with Crippen molar-refractivity contribution in [2.45, 2.75) is 37.7 Å². The number of hydrogen-bond donors (Lipinski definition) is 1. The molecule has 0 spiro atoms. The Labute approximate surface area is 151 Å². The molecule has 1 fully saturated rings. The quantitative estimate of drug-likeness (QED) is 0.836. The van der Waals surface area contributed by atoms with Crippen LogP contribution < -0.4 is 5.32 Å². The summed E-state index contributed by atoms with van der Waals surface area (Å²) in [6, 6.07) is 5.04. The van der Waals surface area contributed by atoms with E-state index >= 15 is 0 Å². The summed E-state index contributed by atoms with van der Waals surface area (Å²) in [5, 5.41) is 2.74. The van der Waals surface area contributed by atoms with E-state index in [-0.39, 0.29) is 11.8 Å². The molecule has 0 unspecified atom stereocenters. The zero-order valence-corrected chi connectivity index (χ0v) is 15.2. The number of nitrogens with one attached hydrogen (secondary N) is 1. The smallest absolute Gasteiger partial charge is 0.338 e. The van der Waals surface area contributed by atoms with E-state index < -0.39 is 12.1 Å². The molecule has 1 N–H and O–H groups in total. The van der Waals surface area contributed by atoms with E-state index in [1.165, 1.54) is 11.8 Å². The number of benzene rings is 1. The lowest BCUT2D eigenvalue weighted by molar-refractivity contribution is -0.141. The van der Waals surface area contributed by atoms with Gasteiger partial charge in [-0.1, -0.05) is 6.92 Å². The Kier molecular flexibility index (Phi) is 5.32. The van der Waals surface area contributed by atoms with Crippen LogP contribution in [-0.2, 0) is 14.3 Å². The number of piperidine rings is 1. The highest BCUT2D eigenvalue weighted by Crippen LogP contribution is 2.32. The maximum Gasteiger partial charge on any atom is 0.338 e. The molecule has 0 radical (unpaired) electrons. The Hall–Kier alpha value is -2.02. The summed E-state index contributed by atoms with van der Waals surface area (Å²) in [5.41, 5.74) is 0.938. The molecule has 0 saturated carbocycles. The first-order valence-corrected chi connectivity index (χ1v) is 9.49. The minimum Gasteiger partial charge on any atom is -0.449 e. The van der Waals surface area contributed by atoms with Crippen molar-refractivity contribution in [3.63, 3.8) is 0 Å². The van der Waals surface area contributed by atoms with Gasteiger partial charge in [0, 0.05) is 18.0 Å². The third-order valence-electron chi connectivity index (χ3n) is 4.58. The molecule has 134 valence electrons. The second-order valence-corrected chi connectivity index (χ2v) is 7.62. The van der Waals surface area contributed by atoms with Crippen LogP contribution in [0.5, 0.6) is 0 Å². The molecule has 2 amide bonds. The second kappa shape index (κ2) is 7.47. The Morgan fingerprint density at radius 2 is 2.04 bits per heavy atom. The van der Waals surface area contributed by atoms with Crippen molar-refractivity contribution >= 4 is 35.2 Å². The molecule has 1 saturated heterocycles. The third kappa shape index (κ3) is 4.15. The first-order valence-electron chi connectivity index (χ1n) is 8.50. The van der Waals surface area contributed by atoms with Gasteiger partial charge in [-0.05, 0) is 43.9 Å². The molecule has 6 nitrogen and oxygen atoms in total. The number of hydrogen-bond acceptors (Lipinski definition) is 5. The largest absolute Gasteiger partial charge is 0.449 e. The normalized spacial score (nSPS) is 19.0. The summed E-state index contributed by atoms with van der Waals surface area (Å²) in [5.74, 6) is 0.203. The molecule has 0 bridgehead atoms. The van der Waals surface area contributed by atoms with E-state index in [1.807, 2.05) is 0 Å². The highest BCUT2D eigenvalue weighted by Gasteiger charge is 2.27.